The summed E-state index contributed by atoms with van der Waals surface area (Å²) in [4.78, 5) is 7.42. The summed E-state index contributed by atoms with van der Waals surface area (Å²) in [5.74, 6) is 0. The summed E-state index contributed by atoms with van der Waals surface area (Å²) in [6, 6.07) is 11.2. The first-order valence-corrected chi connectivity index (χ1v) is 7.59. The maximum absolute atomic E-state index is 4.98. The van der Waals surface area contributed by atoms with Gasteiger partial charge < -0.3 is 5.32 Å². The lowest BCUT2D eigenvalue weighted by molar-refractivity contribution is 0.310. The van der Waals surface area contributed by atoms with E-state index in [4.69, 9.17) is 4.98 Å². The first kappa shape index (κ1) is 13.5. The minimum absolute atomic E-state index is 0.480. The Morgan fingerprint density at radius 2 is 2.20 bits per heavy atom. The molecule has 106 valence electrons. The van der Waals surface area contributed by atoms with Gasteiger partial charge in [0.15, 0.2) is 0 Å². The van der Waals surface area contributed by atoms with Gasteiger partial charge in [-0.05, 0) is 50.7 Å². The van der Waals surface area contributed by atoms with E-state index >= 15 is 0 Å². The Morgan fingerprint density at radius 3 is 2.95 bits per heavy atom. The van der Waals surface area contributed by atoms with Crippen LogP contribution in [0, 0.1) is 0 Å². The van der Waals surface area contributed by atoms with Crippen molar-refractivity contribution in [3.8, 4) is 0 Å². The highest BCUT2D eigenvalue weighted by molar-refractivity contribution is 5.79. The molecular formula is C17H23N3. The molecule has 2 heterocycles. The molecule has 2 aromatic rings. The molecule has 1 saturated heterocycles. The van der Waals surface area contributed by atoms with E-state index in [1.165, 1.54) is 36.0 Å². The first-order chi connectivity index (χ1) is 9.79. The van der Waals surface area contributed by atoms with Gasteiger partial charge in [0.2, 0.25) is 0 Å². The zero-order valence-electron chi connectivity index (χ0n) is 12.4. The number of aromatic nitrogens is 1. The highest BCUT2D eigenvalue weighted by atomic mass is 15.2. The summed E-state index contributed by atoms with van der Waals surface area (Å²) in [7, 11) is 2.21. The fourth-order valence-corrected chi connectivity index (χ4v) is 3.12. The van der Waals surface area contributed by atoms with E-state index in [1.807, 2.05) is 0 Å². The number of pyridine rings is 1. The largest absolute Gasteiger partial charge is 0.313 e. The van der Waals surface area contributed by atoms with E-state index in [0.29, 0.717) is 6.04 Å². The zero-order chi connectivity index (χ0) is 13.9. The molecule has 1 aromatic carbocycles. The highest BCUT2D eigenvalue weighted by Gasteiger charge is 2.26. The molecule has 3 heteroatoms. The lowest BCUT2D eigenvalue weighted by atomic mass is 10.0. The van der Waals surface area contributed by atoms with Gasteiger partial charge in [-0.2, -0.15) is 0 Å². The molecule has 0 bridgehead atoms. The Kier molecular flexibility index (Phi) is 3.99. The number of fused-ring (bicyclic) bond motifs is 1. The van der Waals surface area contributed by atoms with Gasteiger partial charge >= 0.3 is 0 Å². The predicted octanol–water partition coefficient (Wildman–Crippen LogP) is 3.11. The van der Waals surface area contributed by atoms with Crippen LogP contribution < -0.4 is 5.32 Å². The molecule has 1 aliphatic rings. The van der Waals surface area contributed by atoms with Crippen molar-refractivity contribution >= 4 is 10.9 Å². The number of hydrogen-bond donors (Lipinski definition) is 1. The van der Waals surface area contributed by atoms with E-state index in [9.17, 15) is 0 Å². The predicted molar refractivity (Wildman–Crippen MR) is 83.7 cm³/mol. The molecule has 1 N–H and O–H groups in total. The van der Waals surface area contributed by atoms with Gasteiger partial charge in [0.05, 0.1) is 17.3 Å². The van der Waals surface area contributed by atoms with Crippen LogP contribution in [0.1, 0.15) is 37.1 Å². The van der Waals surface area contributed by atoms with Crippen molar-refractivity contribution in [3.05, 3.63) is 41.6 Å². The number of nitrogens with zero attached hydrogens (tertiary/aromatic N) is 2. The maximum atomic E-state index is 4.98. The number of rotatable bonds is 4. The Morgan fingerprint density at radius 1 is 1.35 bits per heavy atom. The number of para-hydroxylation sites is 1. The van der Waals surface area contributed by atoms with Crippen LogP contribution in [0.25, 0.3) is 10.9 Å². The Hall–Kier alpha value is -1.45. The van der Waals surface area contributed by atoms with Crippen molar-refractivity contribution in [2.24, 2.45) is 0 Å². The molecule has 20 heavy (non-hydrogen) atoms. The topological polar surface area (TPSA) is 28.2 Å². The van der Waals surface area contributed by atoms with Crippen LogP contribution in [-0.4, -0.2) is 30.0 Å². The van der Waals surface area contributed by atoms with Crippen LogP contribution >= 0.6 is 0 Å². The second-order valence-electron chi connectivity index (χ2n) is 5.64. The Labute approximate surface area is 121 Å². The van der Waals surface area contributed by atoms with Crippen LogP contribution in [-0.2, 0) is 6.54 Å². The van der Waals surface area contributed by atoms with Gasteiger partial charge in [-0.1, -0.05) is 25.1 Å². The van der Waals surface area contributed by atoms with Crippen LogP contribution in [0.2, 0.25) is 0 Å². The lowest BCUT2D eigenvalue weighted by Crippen LogP contribution is -2.22. The van der Waals surface area contributed by atoms with E-state index in [2.05, 4.69) is 54.5 Å². The molecule has 1 unspecified atom stereocenters. The van der Waals surface area contributed by atoms with Crippen molar-refractivity contribution < 1.29 is 0 Å². The van der Waals surface area contributed by atoms with Gasteiger partial charge in [-0.3, -0.25) is 9.88 Å². The van der Waals surface area contributed by atoms with E-state index in [0.717, 1.165) is 18.6 Å². The van der Waals surface area contributed by atoms with Crippen LogP contribution in [0.15, 0.2) is 30.3 Å². The zero-order valence-corrected chi connectivity index (χ0v) is 12.4. The van der Waals surface area contributed by atoms with Gasteiger partial charge in [0.25, 0.3) is 0 Å². The van der Waals surface area contributed by atoms with E-state index in [1.54, 1.807) is 0 Å². The van der Waals surface area contributed by atoms with Gasteiger partial charge in [-0.25, -0.2) is 0 Å². The molecule has 0 radical (unpaired) electrons. The number of hydrogen-bond acceptors (Lipinski definition) is 3. The van der Waals surface area contributed by atoms with Gasteiger partial charge in [-0.15, -0.1) is 0 Å². The summed E-state index contributed by atoms with van der Waals surface area (Å²) < 4.78 is 0. The van der Waals surface area contributed by atoms with E-state index in [-0.39, 0.29) is 0 Å². The lowest BCUT2D eigenvalue weighted by Gasteiger charge is -2.22. The monoisotopic (exact) mass is 269 g/mol. The smallest absolute Gasteiger partial charge is 0.0706 e. The Balaban J connectivity index is 2.06. The summed E-state index contributed by atoms with van der Waals surface area (Å²) >= 11 is 0. The fourth-order valence-electron chi connectivity index (χ4n) is 3.12. The maximum Gasteiger partial charge on any atom is 0.0706 e. The van der Waals surface area contributed by atoms with Crippen molar-refractivity contribution in [3.63, 3.8) is 0 Å². The third-order valence-electron chi connectivity index (χ3n) is 4.24. The van der Waals surface area contributed by atoms with Crippen LogP contribution in [0.3, 0.4) is 0 Å². The minimum atomic E-state index is 0.480. The van der Waals surface area contributed by atoms with Crippen molar-refractivity contribution in [1.29, 1.82) is 0 Å². The third kappa shape index (κ3) is 2.56. The summed E-state index contributed by atoms with van der Waals surface area (Å²) in [5.41, 5.74) is 3.73. The summed E-state index contributed by atoms with van der Waals surface area (Å²) in [6.07, 6.45) is 2.50. The normalized spacial score (nSPS) is 19.8. The first-order valence-electron chi connectivity index (χ1n) is 7.59. The molecule has 1 aliphatic heterocycles. The van der Waals surface area contributed by atoms with Gasteiger partial charge in [0, 0.05) is 11.9 Å². The molecule has 3 nitrogen and oxygen atoms in total. The number of benzene rings is 1. The second-order valence-corrected chi connectivity index (χ2v) is 5.64. The molecule has 0 aliphatic carbocycles. The molecule has 3 rings (SSSR count). The molecule has 0 amide bonds. The molecule has 0 saturated carbocycles. The van der Waals surface area contributed by atoms with Crippen molar-refractivity contribution in [1.82, 2.24) is 15.2 Å². The summed E-state index contributed by atoms with van der Waals surface area (Å²) in [6.45, 7) is 5.23. The molecular weight excluding hydrogens is 246 g/mol. The highest BCUT2D eigenvalue weighted by Crippen LogP contribution is 2.32. The quantitative estimate of drug-likeness (QED) is 0.924. The van der Waals surface area contributed by atoms with Crippen molar-refractivity contribution in [2.45, 2.75) is 32.4 Å². The second kappa shape index (κ2) is 5.90. The standard InChI is InChI=1S/C17H23N3/c1-3-18-12-14-11-13-7-4-5-8-15(13)19-17(14)16-9-6-10-20(16)2/h4-5,7-8,11,16,18H,3,6,9-10,12H2,1-2H3. The van der Waals surface area contributed by atoms with E-state index < -0.39 is 0 Å². The average molecular weight is 269 g/mol. The SMILES string of the molecule is CCNCc1cc2ccccc2nc1C1CCCN1C. The van der Waals surface area contributed by atoms with Crippen LogP contribution in [0.4, 0.5) is 0 Å². The molecule has 0 spiro atoms. The molecule has 1 fully saturated rings. The fraction of sp³-hybridized carbons (Fsp3) is 0.471. The van der Waals surface area contributed by atoms with Crippen LogP contribution in [0.5, 0.6) is 0 Å². The summed E-state index contributed by atoms with van der Waals surface area (Å²) in [5, 5.41) is 4.69. The molecule has 1 atom stereocenters. The van der Waals surface area contributed by atoms with Gasteiger partial charge in [0.1, 0.15) is 0 Å². The Bertz CT molecular complexity index is 594. The number of likely N-dealkylation sites (tertiary alicyclic amines) is 1. The minimum Gasteiger partial charge on any atom is -0.313 e. The average Bonchev–Trinajstić information content (AvgIpc) is 2.90. The number of nitrogens with one attached hydrogen (secondary N) is 1. The van der Waals surface area contributed by atoms with Crippen molar-refractivity contribution in [2.75, 3.05) is 20.1 Å². The third-order valence-corrected chi connectivity index (χ3v) is 4.24. The molecule has 1 aromatic heterocycles.